The zero-order valence-electron chi connectivity index (χ0n) is 11.1. The first-order valence-corrected chi connectivity index (χ1v) is 6.74. The van der Waals surface area contributed by atoms with Crippen LogP contribution in [-0.4, -0.2) is 25.7 Å². The van der Waals surface area contributed by atoms with Gasteiger partial charge < -0.3 is 10.1 Å². The lowest BCUT2D eigenvalue weighted by Crippen LogP contribution is -2.40. The molecule has 1 aliphatic rings. The Morgan fingerprint density at radius 2 is 2.35 bits per heavy atom. The van der Waals surface area contributed by atoms with Crippen molar-refractivity contribution in [3.05, 3.63) is 12.2 Å². The predicted molar refractivity (Wildman–Crippen MR) is 69.8 cm³/mol. The van der Waals surface area contributed by atoms with Crippen LogP contribution in [-0.2, 0) is 9.53 Å². The van der Waals surface area contributed by atoms with E-state index in [1.165, 1.54) is 20.0 Å². The van der Waals surface area contributed by atoms with Crippen LogP contribution < -0.4 is 5.32 Å². The van der Waals surface area contributed by atoms with Gasteiger partial charge >= 0.3 is 5.97 Å². The molecule has 1 aliphatic carbocycles. The highest BCUT2D eigenvalue weighted by atomic mass is 16.5. The van der Waals surface area contributed by atoms with Crippen LogP contribution in [0.2, 0.25) is 0 Å². The Kier molecular flexibility index (Phi) is 6.94. The zero-order chi connectivity index (χ0) is 12.5. The summed E-state index contributed by atoms with van der Waals surface area (Å²) < 4.78 is 4.83. The lowest BCUT2D eigenvalue weighted by molar-refractivity contribution is -0.143. The quantitative estimate of drug-likeness (QED) is 0.548. The van der Waals surface area contributed by atoms with E-state index in [0.29, 0.717) is 5.92 Å². The van der Waals surface area contributed by atoms with Gasteiger partial charge in [0.15, 0.2) is 0 Å². The number of carbonyl (C=O) groups excluding carboxylic acids is 1. The third kappa shape index (κ3) is 5.35. The molecule has 0 aromatic rings. The molecule has 1 rings (SSSR count). The van der Waals surface area contributed by atoms with E-state index in [1.807, 2.05) is 0 Å². The molecule has 0 aliphatic heterocycles. The summed E-state index contributed by atoms with van der Waals surface area (Å²) in [6, 6.07) is -0.120. The Morgan fingerprint density at radius 3 is 2.94 bits per heavy atom. The van der Waals surface area contributed by atoms with Crippen molar-refractivity contribution < 1.29 is 9.53 Å². The van der Waals surface area contributed by atoms with Gasteiger partial charge in [-0.15, -0.1) is 0 Å². The molecule has 17 heavy (non-hydrogen) atoms. The monoisotopic (exact) mass is 239 g/mol. The highest BCUT2D eigenvalue weighted by Gasteiger charge is 2.19. The third-order valence-corrected chi connectivity index (χ3v) is 3.36. The topological polar surface area (TPSA) is 38.3 Å². The normalized spacial score (nSPS) is 21.2. The summed E-state index contributed by atoms with van der Waals surface area (Å²) in [7, 11) is 1.46. The SMILES string of the molecule is CCCCC(NCC1CC=CCC1)C(=O)OC. The molecular weight excluding hydrogens is 214 g/mol. The van der Waals surface area contributed by atoms with Crippen molar-refractivity contribution in [2.75, 3.05) is 13.7 Å². The van der Waals surface area contributed by atoms with Crippen LogP contribution in [0.3, 0.4) is 0 Å². The number of rotatable bonds is 7. The summed E-state index contributed by atoms with van der Waals surface area (Å²) in [4.78, 5) is 11.6. The summed E-state index contributed by atoms with van der Waals surface area (Å²) in [5.74, 6) is 0.554. The Labute approximate surface area is 105 Å². The summed E-state index contributed by atoms with van der Waals surface area (Å²) in [6.45, 7) is 3.06. The highest BCUT2D eigenvalue weighted by Crippen LogP contribution is 2.17. The molecule has 0 heterocycles. The summed E-state index contributed by atoms with van der Waals surface area (Å²) in [6.07, 6.45) is 11.1. The number of hydrogen-bond acceptors (Lipinski definition) is 3. The number of esters is 1. The second kappa shape index (κ2) is 8.29. The third-order valence-electron chi connectivity index (χ3n) is 3.36. The van der Waals surface area contributed by atoms with E-state index in [-0.39, 0.29) is 12.0 Å². The average molecular weight is 239 g/mol. The Hall–Kier alpha value is -0.830. The van der Waals surface area contributed by atoms with E-state index in [1.54, 1.807) is 0 Å². The predicted octanol–water partition coefficient (Wildman–Crippen LogP) is 2.66. The number of unbranched alkanes of at least 4 members (excludes halogenated alkanes) is 1. The van der Waals surface area contributed by atoms with Gasteiger partial charge in [0.05, 0.1) is 7.11 Å². The molecule has 0 saturated carbocycles. The zero-order valence-corrected chi connectivity index (χ0v) is 11.1. The summed E-state index contributed by atoms with van der Waals surface area (Å²) >= 11 is 0. The number of allylic oxidation sites excluding steroid dienone is 2. The lowest BCUT2D eigenvalue weighted by Gasteiger charge is -2.22. The van der Waals surface area contributed by atoms with Crippen LogP contribution >= 0.6 is 0 Å². The molecule has 0 saturated heterocycles. The molecule has 0 spiro atoms. The second-order valence-corrected chi connectivity index (χ2v) is 4.78. The molecule has 0 amide bonds. The van der Waals surface area contributed by atoms with Crippen molar-refractivity contribution >= 4 is 5.97 Å². The molecule has 0 aromatic carbocycles. The van der Waals surface area contributed by atoms with Gasteiger partial charge in [0, 0.05) is 0 Å². The lowest BCUT2D eigenvalue weighted by atomic mass is 9.94. The van der Waals surface area contributed by atoms with E-state index < -0.39 is 0 Å². The Bertz CT molecular complexity index is 251. The largest absolute Gasteiger partial charge is 0.468 e. The molecular formula is C14H25NO2. The van der Waals surface area contributed by atoms with Gasteiger partial charge in [-0.1, -0.05) is 31.9 Å². The molecule has 0 fully saturated rings. The van der Waals surface area contributed by atoms with Crippen LogP contribution in [0.4, 0.5) is 0 Å². The number of carbonyl (C=O) groups is 1. The minimum absolute atomic E-state index is 0.120. The molecule has 2 atom stereocenters. The van der Waals surface area contributed by atoms with Gasteiger partial charge in [-0.25, -0.2) is 0 Å². The van der Waals surface area contributed by atoms with Gasteiger partial charge in [-0.3, -0.25) is 4.79 Å². The van der Waals surface area contributed by atoms with Crippen molar-refractivity contribution in [3.63, 3.8) is 0 Å². The minimum Gasteiger partial charge on any atom is -0.468 e. The molecule has 0 aromatic heterocycles. The molecule has 3 heteroatoms. The molecule has 2 unspecified atom stereocenters. The number of ether oxygens (including phenoxy) is 1. The van der Waals surface area contributed by atoms with Crippen LogP contribution in [0.15, 0.2) is 12.2 Å². The van der Waals surface area contributed by atoms with Gasteiger partial charge in [-0.05, 0) is 38.1 Å². The van der Waals surface area contributed by atoms with Crippen LogP contribution in [0.5, 0.6) is 0 Å². The number of methoxy groups -OCH3 is 1. The van der Waals surface area contributed by atoms with Crippen molar-refractivity contribution in [1.82, 2.24) is 5.32 Å². The smallest absolute Gasteiger partial charge is 0.322 e. The average Bonchev–Trinajstić information content (AvgIpc) is 2.39. The first-order chi connectivity index (χ1) is 8.27. The minimum atomic E-state index is -0.121. The summed E-state index contributed by atoms with van der Waals surface area (Å²) in [5.41, 5.74) is 0. The number of hydrogen-bond donors (Lipinski definition) is 1. The van der Waals surface area contributed by atoms with Crippen molar-refractivity contribution in [1.29, 1.82) is 0 Å². The molecule has 1 N–H and O–H groups in total. The van der Waals surface area contributed by atoms with Crippen LogP contribution in [0, 0.1) is 5.92 Å². The van der Waals surface area contributed by atoms with E-state index in [4.69, 9.17) is 4.74 Å². The van der Waals surface area contributed by atoms with Crippen molar-refractivity contribution in [3.8, 4) is 0 Å². The second-order valence-electron chi connectivity index (χ2n) is 4.78. The molecule has 0 bridgehead atoms. The van der Waals surface area contributed by atoms with Gasteiger partial charge in [0.25, 0.3) is 0 Å². The molecule has 0 radical (unpaired) electrons. The maximum absolute atomic E-state index is 11.6. The van der Waals surface area contributed by atoms with Crippen molar-refractivity contribution in [2.24, 2.45) is 5.92 Å². The Balaban J connectivity index is 2.31. The van der Waals surface area contributed by atoms with Gasteiger partial charge in [0.1, 0.15) is 6.04 Å². The number of nitrogens with one attached hydrogen (secondary N) is 1. The highest BCUT2D eigenvalue weighted by molar-refractivity contribution is 5.75. The van der Waals surface area contributed by atoms with Crippen LogP contribution in [0.1, 0.15) is 45.4 Å². The van der Waals surface area contributed by atoms with E-state index >= 15 is 0 Å². The van der Waals surface area contributed by atoms with E-state index in [2.05, 4.69) is 24.4 Å². The first-order valence-electron chi connectivity index (χ1n) is 6.74. The molecule has 3 nitrogen and oxygen atoms in total. The van der Waals surface area contributed by atoms with Crippen LogP contribution in [0.25, 0.3) is 0 Å². The molecule has 98 valence electrons. The standard InChI is InChI=1S/C14H25NO2/c1-3-4-10-13(14(16)17-2)15-11-12-8-6-5-7-9-12/h5-6,12-13,15H,3-4,7-11H2,1-2H3. The maximum Gasteiger partial charge on any atom is 0.322 e. The Morgan fingerprint density at radius 1 is 1.53 bits per heavy atom. The first kappa shape index (κ1) is 14.2. The van der Waals surface area contributed by atoms with E-state index in [0.717, 1.165) is 32.2 Å². The van der Waals surface area contributed by atoms with Gasteiger partial charge in [-0.2, -0.15) is 0 Å². The summed E-state index contributed by atoms with van der Waals surface area (Å²) in [5, 5.41) is 3.37. The van der Waals surface area contributed by atoms with Gasteiger partial charge in [0.2, 0.25) is 0 Å². The van der Waals surface area contributed by atoms with E-state index in [9.17, 15) is 4.79 Å². The maximum atomic E-state index is 11.6. The van der Waals surface area contributed by atoms with Crippen molar-refractivity contribution in [2.45, 2.75) is 51.5 Å². The fourth-order valence-corrected chi connectivity index (χ4v) is 2.20. The fraction of sp³-hybridized carbons (Fsp3) is 0.786. The fourth-order valence-electron chi connectivity index (χ4n) is 2.20.